The number of H-pyrrole nitrogens is 1. The number of hydrogen-bond donors (Lipinski definition) is 3. The van der Waals surface area contributed by atoms with Crippen LogP contribution in [0.5, 0.6) is 0 Å². The molecule has 0 aliphatic carbocycles. The highest BCUT2D eigenvalue weighted by Gasteiger charge is 2.33. The lowest BCUT2D eigenvalue weighted by atomic mass is 9.96. The second kappa shape index (κ2) is 6.40. The third-order valence-corrected chi connectivity index (χ3v) is 3.95. The fraction of sp³-hybridized carbons (Fsp3) is 0.375. The summed E-state index contributed by atoms with van der Waals surface area (Å²) in [5, 5.41) is 13.4. The maximum Gasteiger partial charge on any atom is 0.329 e. The normalized spacial score (nSPS) is 13.8. The molecule has 3 N–H and O–H groups in total. The van der Waals surface area contributed by atoms with Crippen LogP contribution in [0.15, 0.2) is 24.4 Å². The molecule has 5 nitrogen and oxygen atoms in total. The molecule has 118 valence electrons. The van der Waals surface area contributed by atoms with E-state index in [1.807, 2.05) is 13.0 Å². The molecule has 0 saturated carbocycles. The van der Waals surface area contributed by atoms with Gasteiger partial charge in [0, 0.05) is 22.1 Å². The number of halogens is 1. The van der Waals surface area contributed by atoms with Crippen molar-refractivity contribution in [3.63, 3.8) is 0 Å². The summed E-state index contributed by atoms with van der Waals surface area (Å²) in [4.78, 5) is 26.7. The Labute approximate surface area is 133 Å². The average Bonchev–Trinajstić information content (AvgIpc) is 2.81. The zero-order chi connectivity index (χ0) is 16.3. The van der Waals surface area contributed by atoms with Crippen LogP contribution < -0.4 is 5.32 Å². The summed E-state index contributed by atoms with van der Waals surface area (Å²) < 4.78 is 0. The van der Waals surface area contributed by atoms with E-state index in [1.54, 1.807) is 18.3 Å². The second-order valence-corrected chi connectivity index (χ2v) is 6.05. The number of fused-ring (bicyclic) bond motifs is 1. The number of carbonyl (C=O) groups excluding carboxylic acids is 1. The first kappa shape index (κ1) is 16.4. The number of amides is 1. The number of rotatable bonds is 6. The Bertz CT molecular complexity index is 710. The van der Waals surface area contributed by atoms with Crippen LogP contribution in [0, 0.1) is 0 Å². The Hall–Kier alpha value is -2.01. The molecule has 0 aliphatic rings. The molecule has 1 unspecified atom stereocenters. The van der Waals surface area contributed by atoms with Crippen molar-refractivity contribution in [1.82, 2.24) is 10.3 Å². The molecule has 0 spiro atoms. The number of carbonyl (C=O) groups is 2. The minimum Gasteiger partial charge on any atom is -0.480 e. The van der Waals surface area contributed by atoms with Crippen molar-refractivity contribution in [2.75, 3.05) is 0 Å². The van der Waals surface area contributed by atoms with E-state index >= 15 is 0 Å². The average molecular weight is 323 g/mol. The largest absolute Gasteiger partial charge is 0.480 e. The van der Waals surface area contributed by atoms with Gasteiger partial charge in [-0.3, -0.25) is 4.79 Å². The van der Waals surface area contributed by atoms with Gasteiger partial charge in [-0.25, -0.2) is 4.79 Å². The molecule has 1 amide bonds. The summed E-state index contributed by atoms with van der Waals surface area (Å²) in [5.41, 5.74) is 0.441. The van der Waals surface area contributed by atoms with Crippen LogP contribution in [0.2, 0.25) is 5.02 Å². The van der Waals surface area contributed by atoms with E-state index in [0.29, 0.717) is 17.9 Å². The van der Waals surface area contributed by atoms with Gasteiger partial charge in [0.25, 0.3) is 0 Å². The number of nitrogens with one attached hydrogen (secondary N) is 2. The van der Waals surface area contributed by atoms with E-state index in [4.69, 9.17) is 11.6 Å². The molecule has 0 bridgehead atoms. The Morgan fingerprint density at radius 1 is 1.41 bits per heavy atom. The Morgan fingerprint density at radius 3 is 2.77 bits per heavy atom. The molecule has 0 fully saturated rings. The third kappa shape index (κ3) is 3.42. The number of aliphatic carboxylic acids is 1. The fourth-order valence-corrected chi connectivity index (χ4v) is 2.72. The molecular formula is C16H19ClN2O3. The van der Waals surface area contributed by atoms with Crippen molar-refractivity contribution in [2.45, 2.75) is 38.6 Å². The van der Waals surface area contributed by atoms with Crippen molar-refractivity contribution in [3.8, 4) is 0 Å². The molecule has 1 aromatic heterocycles. The summed E-state index contributed by atoms with van der Waals surface area (Å²) in [6.07, 6.45) is 2.91. The van der Waals surface area contributed by atoms with Crippen LogP contribution in [0.3, 0.4) is 0 Å². The number of aromatic nitrogens is 1. The van der Waals surface area contributed by atoms with Crippen molar-refractivity contribution in [3.05, 3.63) is 35.0 Å². The van der Waals surface area contributed by atoms with E-state index in [9.17, 15) is 14.7 Å². The molecule has 1 heterocycles. The number of carboxylic acid groups (broad SMARTS) is 1. The topological polar surface area (TPSA) is 82.2 Å². The van der Waals surface area contributed by atoms with E-state index in [-0.39, 0.29) is 12.3 Å². The molecule has 1 atom stereocenters. The lowest BCUT2D eigenvalue weighted by Gasteiger charge is -2.25. The molecule has 0 radical (unpaired) electrons. The minimum absolute atomic E-state index is 0.104. The van der Waals surface area contributed by atoms with Gasteiger partial charge in [-0.05, 0) is 37.1 Å². The summed E-state index contributed by atoms with van der Waals surface area (Å²) in [6, 6.07) is 5.41. The molecular weight excluding hydrogens is 304 g/mol. The summed E-state index contributed by atoms with van der Waals surface area (Å²) in [7, 11) is 0. The van der Waals surface area contributed by atoms with Crippen molar-refractivity contribution >= 4 is 34.4 Å². The van der Waals surface area contributed by atoms with E-state index in [0.717, 1.165) is 16.5 Å². The smallest absolute Gasteiger partial charge is 0.329 e. The maximum atomic E-state index is 12.2. The van der Waals surface area contributed by atoms with Gasteiger partial charge >= 0.3 is 5.97 Å². The van der Waals surface area contributed by atoms with Gasteiger partial charge in [0.1, 0.15) is 5.54 Å². The van der Waals surface area contributed by atoms with Crippen LogP contribution in [0.1, 0.15) is 32.3 Å². The van der Waals surface area contributed by atoms with Gasteiger partial charge < -0.3 is 15.4 Å². The zero-order valence-electron chi connectivity index (χ0n) is 12.6. The van der Waals surface area contributed by atoms with Crippen LogP contribution in [-0.4, -0.2) is 27.5 Å². The lowest BCUT2D eigenvalue weighted by Crippen LogP contribution is -2.52. The van der Waals surface area contributed by atoms with Gasteiger partial charge in [0.05, 0.1) is 6.42 Å². The monoisotopic (exact) mass is 322 g/mol. The van der Waals surface area contributed by atoms with Crippen LogP contribution >= 0.6 is 11.6 Å². The van der Waals surface area contributed by atoms with E-state index in [2.05, 4.69) is 10.3 Å². The first-order valence-corrected chi connectivity index (χ1v) is 7.53. The zero-order valence-corrected chi connectivity index (χ0v) is 13.3. The Kier molecular flexibility index (Phi) is 4.76. The highest BCUT2D eigenvalue weighted by molar-refractivity contribution is 6.31. The summed E-state index contributed by atoms with van der Waals surface area (Å²) in [5.74, 6) is -1.34. The van der Waals surface area contributed by atoms with Crippen LogP contribution in [-0.2, 0) is 16.0 Å². The number of hydrogen-bond acceptors (Lipinski definition) is 2. The SMILES string of the molecule is CCCC(C)(NC(=O)Cc1c[nH]c2ccc(Cl)cc12)C(=O)O. The molecule has 0 saturated heterocycles. The third-order valence-electron chi connectivity index (χ3n) is 3.72. The minimum atomic E-state index is -1.24. The molecule has 1 aromatic carbocycles. The first-order valence-electron chi connectivity index (χ1n) is 7.15. The molecule has 22 heavy (non-hydrogen) atoms. The quantitative estimate of drug-likeness (QED) is 0.764. The number of aromatic amines is 1. The van der Waals surface area contributed by atoms with Crippen LogP contribution in [0.4, 0.5) is 0 Å². The second-order valence-electron chi connectivity index (χ2n) is 5.62. The predicted molar refractivity (Wildman–Crippen MR) is 86.1 cm³/mol. The van der Waals surface area contributed by atoms with Gasteiger partial charge in [-0.1, -0.05) is 24.9 Å². The van der Waals surface area contributed by atoms with Crippen molar-refractivity contribution < 1.29 is 14.7 Å². The maximum absolute atomic E-state index is 12.2. The van der Waals surface area contributed by atoms with Gasteiger partial charge in [0.2, 0.25) is 5.91 Å². The Balaban J connectivity index is 2.17. The fourth-order valence-electron chi connectivity index (χ4n) is 2.54. The first-order chi connectivity index (χ1) is 10.4. The molecule has 2 aromatic rings. The van der Waals surface area contributed by atoms with Gasteiger partial charge in [0.15, 0.2) is 0 Å². The number of benzene rings is 1. The predicted octanol–water partition coefficient (Wildman–Crippen LogP) is 3.12. The van der Waals surface area contributed by atoms with Gasteiger partial charge in [-0.2, -0.15) is 0 Å². The van der Waals surface area contributed by atoms with E-state index < -0.39 is 11.5 Å². The van der Waals surface area contributed by atoms with Crippen molar-refractivity contribution in [1.29, 1.82) is 0 Å². The summed E-state index contributed by atoms with van der Waals surface area (Å²) >= 11 is 5.98. The van der Waals surface area contributed by atoms with Crippen LogP contribution in [0.25, 0.3) is 10.9 Å². The number of carboxylic acids is 1. The highest BCUT2D eigenvalue weighted by Crippen LogP contribution is 2.23. The highest BCUT2D eigenvalue weighted by atomic mass is 35.5. The lowest BCUT2D eigenvalue weighted by molar-refractivity contribution is -0.147. The van der Waals surface area contributed by atoms with E-state index in [1.165, 1.54) is 6.92 Å². The molecule has 0 aliphatic heterocycles. The molecule has 6 heteroatoms. The van der Waals surface area contributed by atoms with Gasteiger partial charge in [-0.15, -0.1) is 0 Å². The standard InChI is InChI=1S/C16H19ClN2O3/c1-3-6-16(2,15(21)22)19-14(20)7-10-9-18-13-5-4-11(17)8-12(10)13/h4-5,8-9,18H,3,6-7H2,1-2H3,(H,19,20)(H,21,22). The van der Waals surface area contributed by atoms with Crippen molar-refractivity contribution in [2.24, 2.45) is 0 Å². The molecule has 2 rings (SSSR count). The summed E-state index contributed by atoms with van der Waals surface area (Å²) in [6.45, 7) is 3.41. The Morgan fingerprint density at radius 2 is 2.14 bits per heavy atom.